The maximum atomic E-state index is 11.4. The topological polar surface area (TPSA) is 89.9 Å². The molecule has 0 aromatic carbocycles. The van der Waals surface area contributed by atoms with Gasteiger partial charge in [-0.05, 0) is 33.1 Å². The Labute approximate surface area is 176 Å². The molecule has 0 aliphatic carbocycles. The van der Waals surface area contributed by atoms with Crippen molar-refractivity contribution in [2.75, 3.05) is 13.2 Å². The maximum absolute atomic E-state index is 11.4. The molecular weight excluding hydrogens is 372 g/mol. The number of unbranched alkanes of at least 4 members (excludes halogenated alkanes) is 6. The lowest BCUT2D eigenvalue weighted by atomic mass is 9.97. The minimum absolute atomic E-state index is 0.0788. The van der Waals surface area contributed by atoms with E-state index in [-0.39, 0.29) is 23.5 Å². The highest BCUT2D eigenvalue weighted by Gasteiger charge is 2.23. The fourth-order valence-corrected chi connectivity index (χ4v) is 3.08. The van der Waals surface area contributed by atoms with Crippen LogP contribution >= 0.6 is 0 Å². The Morgan fingerprint density at radius 3 is 2.17 bits per heavy atom. The fourth-order valence-electron chi connectivity index (χ4n) is 3.08. The van der Waals surface area contributed by atoms with Gasteiger partial charge < -0.3 is 14.6 Å². The van der Waals surface area contributed by atoms with Crippen molar-refractivity contribution in [3.63, 3.8) is 0 Å². The summed E-state index contributed by atoms with van der Waals surface area (Å²) in [6.45, 7) is 8.16. The van der Waals surface area contributed by atoms with Crippen molar-refractivity contribution in [2.45, 2.75) is 98.3 Å². The Kier molecular flexibility index (Phi) is 16.0. The number of cyclic esters (lactones) is 1. The van der Waals surface area contributed by atoms with Crippen LogP contribution in [0.25, 0.3) is 0 Å². The van der Waals surface area contributed by atoms with Crippen molar-refractivity contribution >= 4 is 17.7 Å². The number of Topliss-reactive ketones (excluding diaryl/α,β-unsaturated/α-hetero) is 1. The number of esters is 2. The van der Waals surface area contributed by atoms with Gasteiger partial charge in [-0.2, -0.15) is 0 Å². The number of aliphatic hydroxyl groups is 1. The number of hydrogen-bond donors (Lipinski definition) is 1. The van der Waals surface area contributed by atoms with E-state index >= 15 is 0 Å². The van der Waals surface area contributed by atoms with Crippen molar-refractivity contribution < 1.29 is 29.0 Å². The minimum Gasteiger partial charge on any atom is -0.512 e. The largest absolute Gasteiger partial charge is 0.512 e. The smallest absolute Gasteiger partial charge is 0.337 e. The summed E-state index contributed by atoms with van der Waals surface area (Å²) in [4.78, 5) is 33.9. The van der Waals surface area contributed by atoms with Gasteiger partial charge in [-0.15, -0.1) is 0 Å². The summed E-state index contributed by atoms with van der Waals surface area (Å²) in [5, 5.41) is 9.47. The number of aliphatic hydroxyl groups excluding tert-OH is 1. The second-order valence-electron chi connectivity index (χ2n) is 7.39. The molecule has 1 aliphatic heterocycles. The molecule has 0 amide bonds. The van der Waals surface area contributed by atoms with Crippen molar-refractivity contribution in [2.24, 2.45) is 5.92 Å². The summed E-state index contributed by atoms with van der Waals surface area (Å²) in [5.41, 5.74) is 0.493. The summed E-state index contributed by atoms with van der Waals surface area (Å²) in [5.74, 6) is -1.07. The lowest BCUT2D eigenvalue weighted by molar-refractivity contribution is -0.151. The molecule has 1 heterocycles. The molecule has 168 valence electrons. The quantitative estimate of drug-likeness (QED) is 0.246. The molecule has 0 radical (unpaired) electrons. The van der Waals surface area contributed by atoms with Gasteiger partial charge in [-0.3, -0.25) is 9.59 Å². The van der Waals surface area contributed by atoms with Crippen LogP contribution in [0.1, 0.15) is 98.3 Å². The molecule has 0 aromatic rings. The zero-order valence-corrected chi connectivity index (χ0v) is 18.8. The van der Waals surface area contributed by atoms with Crippen LogP contribution in [0.5, 0.6) is 0 Å². The van der Waals surface area contributed by atoms with E-state index in [4.69, 9.17) is 9.47 Å². The van der Waals surface area contributed by atoms with Gasteiger partial charge in [0.15, 0.2) is 0 Å². The summed E-state index contributed by atoms with van der Waals surface area (Å²) < 4.78 is 9.72. The molecule has 0 saturated carbocycles. The molecule has 29 heavy (non-hydrogen) atoms. The number of hydrogen-bond acceptors (Lipinski definition) is 6. The van der Waals surface area contributed by atoms with Crippen LogP contribution in [-0.4, -0.2) is 36.0 Å². The standard InChI is InChI=1S/C12H22O3.C11H18O3/c1-4-6-7-8-9-11(10(3)13)12(14)15-5-2;1-2-3-4-5-6-9-10(12)7-8-14-11(9)13/h11H,4-9H2,1-3H3;12H,2-8H2,1H3. The third-order valence-electron chi connectivity index (χ3n) is 4.86. The van der Waals surface area contributed by atoms with Crippen LogP contribution in [0.15, 0.2) is 11.3 Å². The van der Waals surface area contributed by atoms with Crippen LogP contribution in [0.4, 0.5) is 0 Å². The first kappa shape index (κ1) is 27.1. The Morgan fingerprint density at radius 1 is 1.03 bits per heavy atom. The highest BCUT2D eigenvalue weighted by molar-refractivity contribution is 5.97. The van der Waals surface area contributed by atoms with Gasteiger partial charge in [0.05, 0.1) is 18.8 Å². The van der Waals surface area contributed by atoms with Gasteiger partial charge >= 0.3 is 11.9 Å². The number of carbonyl (C=O) groups excluding carboxylic acids is 3. The van der Waals surface area contributed by atoms with Crippen molar-refractivity contribution in [1.29, 1.82) is 0 Å². The summed E-state index contributed by atoms with van der Waals surface area (Å²) in [6, 6.07) is 0. The van der Waals surface area contributed by atoms with E-state index in [9.17, 15) is 19.5 Å². The van der Waals surface area contributed by atoms with Crippen LogP contribution in [0.3, 0.4) is 0 Å². The first-order chi connectivity index (χ1) is 13.9. The zero-order chi connectivity index (χ0) is 22.1. The predicted molar refractivity (Wildman–Crippen MR) is 114 cm³/mol. The SMILES string of the molecule is CCCCCCC(C(C)=O)C(=O)OCC.CCCCCCC1=C(O)CCOC1=O. The number of rotatable bonds is 13. The van der Waals surface area contributed by atoms with Crippen molar-refractivity contribution in [3.8, 4) is 0 Å². The van der Waals surface area contributed by atoms with Crippen molar-refractivity contribution in [3.05, 3.63) is 11.3 Å². The molecule has 0 spiro atoms. The van der Waals surface area contributed by atoms with Gasteiger partial charge in [-0.25, -0.2) is 4.79 Å². The van der Waals surface area contributed by atoms with Gasteiger partial charge in [0.1, 0.15) is 17.5 Å². The fraction of sp³-hybridized carbons (Fsp3) is 0.783. The average Bonchev–Trinajstić information content (AvgIpc) is 2.67. The van der Waals surface area contributed by atoms with Crippen LogP contribution < -0.4 is 0 Å². The first-order valence-electron chi connectivity index (χ1n) is 11.1. The van der Waals surface area contributed by atoms with Crippen LogP contribution in [0, 0.1) is 5.92 Å². The first-order valence-corrected chi connectivity index (χ1v) is 11.1. The predicted octanol–water partition coefficient (Wildman–Crippen LogP) is 5.44. The highest BCUT2D eigenvalue weighted by Crippen LogP contribution is 2.20. The maximum Gasteiger partial charge on any atom is 0.337 e. The van der Waals surface area contributed by atoms with E-state index in [1.165, 1.54) is 19.8 Å². The summed E-state index contributed by atoms with van der Waals surface area (Å²) >= 11 is 0. The van der Waals surface area contributed by atoms with Gasteiger partial charge in [0, 0.05) is 6.42 Å². The van der Waals surface area contributed by atoms with Gasteiger partial charge in [0.2, 0.25) is 0 Å². The average molecular weight is 413 g/mol. The Balaban J connectivity index is 0.000000541. The number of ketones is 1. The van der Waals surface area contributed by atoms with E-state index in [2.05, 4.69) is 13.8 Å². The molecule has 1 rings (SSSR count). The monoisotopic (exact) mass is 412 g/mol. The van der Waals surface area contributed by atoms with Gasteiger partial charge in [0.25, 0.3) is 0 Å². The number of carbonyl (C=O) groups is 3. The molecule has 0 fully saturated rings. The van der Waals surface area contributed by atoms with Crippen molar-refractivity contribution in [1.82, 2.24) is 0 Å². The Bertz CT molecular complexity index is 523. The molecule has 1 aliphatic rings. The second-order valence-corrected chi connectivity index (χ2v) is 7.39. The molecule has 6 nitrogen and oxygen atoms in total. The molecular formula is C23H40O6. The van der Waals surface area contributed by atoms with E-state index < -0.39 is 5.92 Å². The minimum atomic E-state index is -0.540. The molecule has 0 aromatic heterocycles. The van der Waals surface area contributed by atoms with E-state index in [0.717, 1.165) is 38.5 Å². The molecule has 0 saturated heterocycles. The van der Waals surface area contributed by atoms with Crippen LogP contribution in [0.2, 0.25) is 0 Å². The van der Waals surface area contributed by atoms with E-state index in [1.807, 2.05) is 0 Å². The molecule has 1 unspecified atom stereocenters. The molecule has 1 N–H and O–H groups in total. The zero-order valence-electron chi connectivity index (χ0n) is 18.8. The number of ether oxygens (including phenoxy) is 2. The van der Waals surface area contributed by atoms with Crippen LogP contribution in [-0.2, 0) is 23.9 Å². The molecule has 6 heteroatoms. The Morgan fingerprint density at radius 2 is 1.66 bits per heavy atom. The third kappa shape index (κ3) is 12.3. The summed E-state index contributed by atoms with van der Waals surface area (Å²) in [7, 11) is 0. The normalized spacial score (nSPS) is 14.6. The summed E-state index contributed by atoms with van der Waals surface area (Å²) in [6.07, 6.45) is 10.5. The van der Waals surface area contributed by atoms with Gasteiger partial charge in [-0.1, -0.05) is 58.8 Å². The molecule has 1 atom stereocenters. The second kappa shape index (κ2) is 17.0. The lowest BCUT2D eigenvalue weighted by Gasteiger charge is -2.15. The Hall–Kier alpha value is -1.85. The highest BCUT2D eigenvalue weighted by atomic mass is 16.5. The third-order valence-corrected chi connectivity index (χ3v) is 4.86. The molecule has 0 bridgehead atoms. The van der Waals surface area contributed by atoms with E-state index in [1.54, 1.807) is 6.92 Å². The van der Waals surface area contributed by atoms with E-state index in [0.29, 0.717) is 38.0 Å². The lowest BCUT2D eigenvalue weighted by Crippen LogP contribution is -2.24.